The number of aromatic amines is 1. The van der Waals surface area contributed by atoms with E-state index < -0.39 is 10.0 Å². The van der Waals surface area contributed by atoms with Crippen molar-refractivity contribution in [2.24, 2.45) is 0 Å². The fourth-order valence-electron chi connectivity index (χ4n) is 3.72. The molecule has 0 amide bonds. The number of aromatic nitrogens is 1. The molecule has 2 N–H and O–H groups in total. The molecule has 1 atom stereocenters. The lowest BCUT2D eigenvalue weighted by molar-refractivity contribution is 0.244. The summed E-state index contributed by atoms with van der Waals surface area (Å²) in [6.07, 6.45) is 4.01. The predicted molar refractivity (Wildman–Crippen MR) is 99.8 cm³/mol. The summed E-state index contributed by atoms with van der Waals surface area (Å²) < 4.78 is 31.7. The van der Waals surface area contributed by atoms with E-state index in [2.05, 4.69) is 22.7 Å². The SMILES string of the molecule is CC1(c2c[nH]c3c(NS(C)(=O)=O)cccc23)CCOc2ccccc21. The van der Waals surface area contributed by atoms with Crippen molar-refractivity contribution in [2.45, 2.75) is 18.8 Å². The first-order valence-electron chi connectivity index (χ1n) is 8.19. The molecule has 0 bridgehead atoms. The minimum absolute atomic E-state index is 0.198. The molecule has 0 radical (unpaired) electrons. The average molecular weight is 356 g/mol. The predicted octanol–water partition coefficient (Wildman–Crippen LogP) is 3.63. The van der Waals surface area contributed by atoms with Gasteiger partial charge in [-0.25, -0.2) is 8.42 Å². The van der Waals surface area contributed by atoms with Crippen LogP contribution in [0.25, 0.3) is 10.9 Å². The Morgan fingerprint density at radius 2 is 1.92 bits per heavy atom. The van der Waals surface area contributed by atoms with Gasteiger partial charge in [0, 0.05) is 22.6 Å². The van der Waals surface area contributed by atoms with Gasteiger partial charge in [0.2, 0.25) is 10.0 Å². The van der Waals surface area contributed by atoms with Crippen LogP contribution in [0.2, 0.25) is 0 Å². The van der Waals surface area contributed by atoms with E-state index >= 15 is 0 Å². The number of H-pyrrole nitrogens is 1. The van der Waals surface area contributed by atoms with Crippen LogP contribution < -0.4 is 9.46 Å². The second kappa shape index (κ2) is 5.52. The van der Waals surface area contributed by atoms with Crippen LogP contribution in [0.3, 0.4) is 0 Å². The number of fused-ring (bicyclic) bond motifs is 2. The van der Waals surface area contributed by atoms with Crippen LogP contribution in [0.15, 0.2) is 48.7 Å². The third kappa shape index (κ3) is 2.66. The zero-order valence-electron chi connectivity index (χ0n) is 14.2. The third-order valence-electron chi connectivity index (χ3n) is 4.95. The summed E-state index contributed by atoms with van der Waals surface area (Å²) in [4.78, 5) is 3.26. The lowest BCUT2D eigenvalue weighted by atomic mass is 9.72. The van der Waals surface area contributed by atoms with E-state index in [-0.39, 0.29) is 5.41 Å². The Labute approximate surface area is 147 Å². The van der Waals surface area contributed by atoms with Crippen LogP contribution in [0.4, 0.5) is 5.69 Å². The van der Waals surface area contributed by atoms with E-state index in [4.69, 9.17) is 4.74 Å². The highest BCUT2D eigenvalue weighted by atomic mass is 32.2. The number of rotatable bonds is 3. The van der Waals surface area contributed by atoms with Gasteiger partial charge >= 0.3 is 0 Å². The van der Waals surface area contributed by atoms with Crippen molar-refractivity contribution < 1.29 is 13.2 Å². The maximum Gasteiger partial charge on any atom is 0.229 e. The molecule has 1 aliphatic rings. The number of ether oxygens (including phenoxy) is 1. The molecule has 0 saturated heterocycles. The number of sulfonamides is 1. The van der Waals surface area contributed by atoms with Gasteiger partial charge in [-0.2, -0.15) is 0 Å². The van der Waals surface area contributed by atoms with Gasteiger partial charge in [0.1, 0.15) is 5.75 Å². The normalized spacial score (nSPS) is 20.1. The highest BCUT2D eigenvalue weighted by Crippen LogP contribution is 2.46. The molecule has 3 aromatic rings. The summed E-state index contributed by atoms with van der Waals surface area (Å²) in [5.41, 5.74) is 3.47. The van der Waals surface area contributed by atoms with Crippen molar-refractivity contribution in [3.05, 3.63) is 59.8 Å². The highest BCUT2D eigenvalue weighted by Gasteiger charge is 2.36. The number of anilines is 1. The topological polar surface area (TPSA) is 71.2 Å². The second-order valence-corrected chi connectivity index (χ2v) is 8.48. The standard InChI is InChI=1S/C19H20N2O3S/c1-19(10-11-24-17-9-4-3-7-14(17)19)15-12-20-18-13(15)6-5-8-16(18)21-25(2,22)23/h3-9,12,20-21H,10-11H2,1-2H3. The maximum absolute atomic E-state index is 11.6. The molecular formula is C19H20N2O3S. The zero-order chi connectivity index (χ0) is 17.7. The molecule has 4 rings (SSSR count). The highest BCUT2D eigenvalue weighted by molar-refractivity contribution is 7.92. The molecule has 2 heterocycles. The van der Waals surface area contributed by atoms with Crippen molar-refractivity contribution in [3.8, 4) is 5.75 Å². The van der Waals surface area contributed by atoms with Gasteiger partial charge in [-0.1, -0.05) is 37.3 Å². The monoisotopic (exact) mass is 356 g/mol. The fourth-order valence-corrected chi connectivity index (χ4v) is 4.29. The first kappa shape index (κ1) is 16.0. The van der Waals surface area contributed by atoms with Crippen molar-refractivity contribution >= 4 is 26.6 Å². The molecule has 0 spiro atoms. The van der Waals surface area contributed by atoms with E-state index in [1.165, 1.54) is 0 Å². The summed E-state index contributed by atoms with van der Waals surface area (Å²) in [7, 11) is -3.34. The Morgan fingerprint density at radius 3 is 2.72 bits per heavy atom. The Morgan fingerprint density at radius 1 is 1.12 bits per heavy atom. The average Bonchev–Trinajstić information content (AvgIpc) is 3.00. The number of para-hydroxylation sites is 2. The fraction of sp³-hybridized carbons (Fsp3) is 0.263. The molecule has 2 aromatic carbocycles. The molecule has 6 heteroatoms. The number of nitrogens with one attached hydrogen (secondary N) is 2. The van der Waals surface area contributed by atoms with Crippen LogP contribution in [-0.4, -0.2) is 26.3 Å². The number of benzene rings is 2. The van der Waals surface area contributed by atoms with Crippen LogP contribution in [0.5, 0.6) is 5.75 Å². The third-order valence-corrected chi connectivity index (χ3v) is 5.54. The molecule has 0 saturated carbocycles. The minimum Gasteiger partial charge on any atom is -0.493 e. The Balaban J connectivity index is 1.90. The lowest BCUT2D eigenvalue weighted by Crippen LogP contribution is -2.30. The van der Waals surface area contributed by atoms with E-state index in [1.54, 1.807) is 6.07 Å². The molecule has 1 aliphatic heterocycles. The van der Waals surface area contributed by atoms with Gasteiger partial charge < -0.3 is 9.72 Å². The summed E-state index contributed by atoms with van der Waals surface area (Å²) in [5.74, 6) is 0.913. The Kier molecular flexibility index (Phi) is 3.54. The first-order valence-corrected chi connectivity index (χ1v) is 10.1. The van der Waals surface area contributed by atoms with E-state index in [1.807, 2.05) is 36.5 Å². The molecule has 5 nitrogen and oxygen atoms in total. The van der Waals surface area contributed by atoms with Crippen LogP contribution in [0.1, 0.15) is 24.5 Å². The second-order valence-electron chi connectivity index (χ2n) is 6.73. The van der Waals surface area contributed by atoms with Gasteiger partial charge in [0.05, 0.1) is 24.1 Å². The Bertz CT molecular complexity index is 1060. The van der Waals surface area contributed by atoms with E-state index in [0.29, 0.717) is 12.3 Å². The summed E-state index contributed by atoms with van der Waals surface area (Å²) in [6.45, 7) is 2.87. The van der Waals surface area contributed by atoms with Gasteiger partial charge in [-0.15, -0.1) is 0 Å². The maximum atomic E-state index is 11.6. The molecule has 0 aliphatic carbocycles. The van der Waals surface area contributed by atoms with Crippen molar-refractivity contribution in [1.82, 2.24) is 4.98 Å². The van der Waals surface area contributed by atoms with Gasteiger partial charge in [-0.05, 0) is 24.1 Å². The zero-order valence-corrected chi connectivity index (χ0v) is 15.0. The summed E-state index contributed by atoms with van der Waals surface area (Å²) in [5, 5.41) is 1.02. The van der Waals surface area contributed by atoms with Crippen LogP contribution in [0, 0.1) is 0 Å². The van der Waals surface area contributed by atoms with Crippen molar-refractivity contribution in [3.63, 3.8) is 0 Å². The minimum atomic E-state index is -3.34. The quantitative estimate of drug-likeness (QED) is 0.753. The van der Waals surface area contributed by atoms with Gasteiger partial charge in [0.15, 0.2) is 0 Å². The lowest BCUT2D eigenvalue weighted by Gasteiger charge is -2.35. The largest absolute Gasteiger partial charge is 0.493 e. The number of hydrogen-bond donors (Lipinski definition) is 2. The molecule has 130 valence electrons. The smallest absolute Gasteiger partial charge is 0.229 e. The molecular weight excluding hydrogens is 336 g/mol. The molecule has 1 aromatic heterocycles. The molecule has 1 unspecified atom stereocenters. The summed E-state index contributed by atoms with van der Waals surface area (Å²) >= 11 is 0. The molecule has 25 heavy (non-hydrogen) atoms. The summed E-state index contributed by atoms with van der Waals surface area (Å²) in [6, 6.07) is 13.8. The van der Waals surface area contributed by atoms with Crippen molar-refractivity contribution in [1.29, 1.82) is 0 Å². The van der Waals surface area contributed by atoms with Gasteiger partial charge in [-0.3, -0.25) is 4.72 Å². The van der Waals surface area contributed by atoms with Crippen LogP contribution in [-0.2, 0) is 15.4 Å². The van der Waals surface area contributed by atoms with Gasteiger partial charge in [0.25, 0.3) is 0 Å². The van der Waals surface area contributed by atoms with Crippen LogP contribution >= 0.6 is 0 Å². The molecule has 0 fully saturated rings. The first-order chi connectivity index (χ1) is 11.9. The van der Waals surface area contributed by atoms with E-state index in [0.717, 1.165) is 40.5 Å². The van der Waals surface area contributed by atoms with Crippen molar-refractivity contribution in [2.75, 3.05) is 17.6 Å². The van der Waals surface area contributed by atoms with E-state index in [9.17, 15) is 8.42 Å². The number of hydrogen-bond acceptors (Lipinski definition) is 3. The Hall–Kier alpha value is -2.47.